The van der Waals surface area contributed by atoms with E-state index in [1.807, 2.05) is 32.0 Å². The number of carbonyl (C=O) groups excluding carboxylic acids is 1. The van der Waals surface area contributed by atoms with Gasteiger partial charge in [0, 0.05) is 11.6 Å². The largest absolute Gasteiger partial charge is 0.496 e. The number of rotatable bonds is 6. The van der Waals surface area contributed by atoms with Crippen molar-refractivity contribution in [3.05, 3.63) is 29.3 Å². The molecule has 0 aromatic heterocycles. The molecule has 0 heterocycles. The summed E-state index contributed by atoms with van der Waals surface area (Å²) in [7, 11) is 1.60. The van der Waals surface area contributed by atoms with Crippen LogP contribution in [0.2, 0.25) is 0 Å². The van der Waals surface area contributed by atoms with Gasteiger partial charge in [-0.15, -0.1) is 0 Å². The van der Waals surface area contributed by atoms with Gasteiger partial charge in [0.25, 0.3) is 0 Å². The van der Waals surface area contributed by atoms with Crippen molar-refractivity contribution in [1.29, 1.82) is 0 Å². The molecular weight excluding hydrogens is 240 g/mol. The maximum absolute atomic E-state index is 12.0. The minimum Gasteiger partial charge on any atom is -0.496 e. The van der Waals surface area contributed by atoms with Crippen LogP contribution in [0.25, 0.3) is 0 Å². The molecule has 0 radical (unpaired) electrons. The zero-order valence-corrected chi connectivity index (χ0v) is 12.4. The Morgan fingerprint density at radius 2 is 2.16 bits per heavy atom. The van der Waals surface area contributed by atoms with Gasteiger partial charge in [-0.2, -0.15) is 0 Å². The van der Waals surface area contributed by atoms with Crippen LogP contribution in [-0.2, 0) is 10.3 Å². The second-order valence-electron chi connectivity index (χ2n) is 5.15. The molecule has 0 saturated carbocycles. The highest BCUT2D eigenvalue weighted by Crippen LogP contribution is 2.31. The van der Waals surface area contributed by atoms with Crippen molar-refractivity contribution in [3.8, 4) is 5.75 Å². The van der Waals surface area contributed by atoms with Crippen LogP contribution in [0.15, 0.2) is 18.2 Å². The van der Waals surface area contributed by atoms with E-state index in [2.05, 4.69) is 12.2 Å². The average molecular weight is 264 g/mol. The Bertz CT molecular complexity index is 459. The minimum absolute atomic E-state index is 0.183. The van der Waals surface area contributed by atoms with E-state index in [-0.39, 0.29) is 6.04 Å². The van der Waals surface area contributed by atoms with Crippen molar-refractivity contribution < 1.29 is 9.53 Å². The van der Waals surface area contributed by atoms with Gasteiger partial charge in [-0.05, 0) is 39.3 Å². The van der Waals surface area contributed by atoms with Crippen LogP contribution in [0, 0.1) is 6.92 Å². The number of amides is 1. The van der Waals surface area contributed by atoms with Gasteiger partial charge in [0.2, 0.25) is 5.91 Å². The molecule has 4 nitrogen and oxygen atoms in total. The Morgan fingerprint density at radius 3 is 2.63 bits per heavy atom. The molecule has 3 N–H and O–H groups in total. The van der Waals surface area contributed by atoms with E-state index in [0.717, 1.165) is 17.5 Å². The SMILES string of the molecule is CCC(C)NC(C)(C(N)=O)c1cc(C)ccc1OC. The van der Waals surface area contributed by atoms with Gasteiger partial charge >= 0.3 is 0 Å². The average Bonchev–Trinajstić information content (AvgIpc) is 2.38. The minimum atomic E-state index is -0.938. The molecule has 0 fully saturated rings. The first kappa shape index (κ1) is 15.5. The third-order valence-corrected chi connectivity index (χ3v) is 3.53. The zero-order valence-electron chi connectivity index (χ0n) is 12.4. The fourth-order valence-electron chi connectivity index (χ4n) is 2.09. The van der Waals surface area contributed by atoms with Crippen LogP contribution in [0.4, 0.5) is 0 Å². The molecular formula is C15H24N2O2. The van der Waals surface area contributed by atoms with Crippen LogP contribution in [0.5, 0.6) is 5.75 Å². The zero-order chi connectivity index (χ0) is 14.6. The highest BCUT2D eigenvalue weighted by atomic mass is 16.5. The lowest BCUT2D eigenvalue weighted by Gasteiger charge is -2.32. The molecule has 1 aromatic carbocycles. The third-order valence-electron chi connectivity index (χ3n) is 3.53. The highest BCUT2D eigenvalue weighted by molar-refractivity contribution is 5.86. The maximum atomic E-state index is 12.0. The molecule has 0 aliphatic rings. The molecule has 106 valence electrons. The van der Waals surface area contributed by atoms with Gasteiger partial charge in [-0.25, -0.2) is 0 Å². The number of primary amides is 1. The molecule has 1 rings (SSSR count). The van der Waals surface area contributed by atoms with Crippen LogP contribution in [0.1, 0.15) is 38.3 Å². The van der Waals surface area contributed by atoms with E-state index in [0.29, 0.717) is 5.75 Å². The van der Waals surface area contributed by atoms with Crippen molar-refractivity contribution in [3.63, 3.8) is 0 Å². The number of nitrogens with two attached hydrogens (primary N) is 1. The summed E-state index contributed by atoms with van der Waals surface area (Å²) in [5, 5.41) is 3.31. The van der Waals surface area contributed by atoms with Gasteiger partial charge in [0.05, 0.1) is 7.11 Å². The Labute approximate surface area is 115 Å². The summed E-state index contributed by atoms with van der Waals surface area (Å²) in [4.78, 5) is 12.0. The van der Waals surface area contributed by atoms with Gasteiger partial charge in [-0.3, -0.25) is 10.1 Å². The van der Waals surface area contributed by atoms with Gasteiger partial charge in [0.1, 0.15) is 11.3 Å². The number of carbonyl (C=O) groups is 1. The molecule has 2 atom stereocenters. The second kappa shape index (κ2) is 6.06. The number of hydrogen-bond acceptors (Lipinski definition) is 3. The van der Waals surface area contributed by atoms with E-state index in [1.54, 1.807) is 14.0 Å². The van der Waals surface area contributed by atoms with Crippen molar-refractivity contribution in [2.45, 2.75) is 45.7 Å². The monoisotopic (exact) mass is 264 g/mol. The molecule has 0 saturated heterocycles. The molecule has 1 aromatic rings. The van der Waals surface area contributed by atoms with Gasteiger partial charge < -0.3 is 10.5 Å². The van der Waals surface area contributed by atoms with Crippen LogP contribution >= 0.6 is 0 Å². The number of methoxy groups -OCH3 is 1. The molecule has 19 heavy (non-hydrogen) atoms. The summed E-state index contributed by atoms with van der Waals surface area (Å²) in [6.07, 6.45) is 0.914. The van der Waals surface area contributed by atoms with E-state index >= 15 is 0 Å². The Morgan fingerprint density at radius 1 is 1.53 bits per heavy atom. The second-order valence-corrected chi connectivity index (χ2v) is 5.15. The van der Waals surface area contributed by atoms with E-state index < -0.39 is 11.4 Å². The lowest BCUT2D eigenvalue weighted by Crippen LogP contribution is -2.53. The Kier molecular flexibility index (Phi) is 4.95. The molecule has 0 bridgehead atoms. The van der Waals surface area contributed by atoms with Crippen LogP contribution in [0.3, 0.4) is 0 Å². The van der Waals surface area contributed by atoms with Crippen LogP contribution in [-0.4, -0.2) is 19.1 Å². The summed E-state index contributed by atoms with van der Waals surface area (Å²) < 4.78 is 5.36. The molecule has 4 heteroatoms. The fraction of sp³-hybridized carbons (Fsp3) is 0.533. The molecule has 1 amide bonds. The van der Waals surface area contributed by atoms with E-state index in [4.69, 9.17) is 10.5 Å². The van der Waals surface area contributed by atoms with Crippen molar-refractivity contribution >= 4 is 5.91 Å². The van der Waals surface area contributed by atoms with Crippen molar-refractivity contribution in [2.24, 2.45) is 5.73 Å². The van der Waals surface area contributed by atoms with Gasteiger partial charge in [-0.1, -0.05) is 18.6 Å². The molecule has 0 aliphatic carbocycles. The van der Waals surface area contributed by atoms with Crippen molar-refractivity contribution in [2.75, 3.05) is 7.11 Å². The number of benzene rings is 1. The predicted molar refractivity (Wildman–Crippen MR) is 77.2 cm³/mol. The van der Waals surface area contributed by atoms with E-state index in [9.17, 15) is 4.79 Å². The van der Waals surface area contributed by atoms with Crippen molar-refractivity contribution in [1.82, 2.24) is 5.32 Å². The lowest BCUT2D eigenvalue weighted by atomic mass is 9.88. The third kappa shape index (κ3) is 3.26. The summed E-state index contributed by atoms with van der Waals surface area (Å²) in [6.45, 7) is 7.88. The number of ether oxygens (including phenoxy) is 1. The number of aryl methyl sites for hydroxylation is 1. The summed E-state index contributed by atoms with van der Waals surface area (Å²) >= 11 is 0. The summed E-state index contributed by atoms with van der Waals surface area (Å²) in [5.74, 6) is 0.263. The lowest BCUT2D eigenvalue weighted by molar-refractivity contribution is -0.124. The quantitative estimate of drug-likeness (QED) is 0.827. The Balaban J connectivity index is 3.33. The smallest absolute Gasteiger partial charge is 0.242 e. The van der Waals surface area contributed by atoms with E-state index in [1.165, 1.54) is 0 Å². The number of hydrogen-bond donors (Lipinski definition) is 2. The fourth-order valence-corrected chi connectivity index (χ4v) is 2.09. The molecule has 0 aliphatic heterocycles. The first-order chi connectivity index (χ1) is 8.85. The number of nitrogens with one attached hydrogen (secondary N) is 1. The first-order valence-electron chi connectivity index (χ1n) is 6.57. The highest BCUT2D eigenvalue weighted by Gasteiger charge is 2.36. The first-order valence-corrected chi connectivity index (χ1v) is 6.57. The predicted octanol–water partition coefficient (Wildman–Crippen LogP) is 2.09. The summed E-state index contributed by atoms with van der Waals surface area (Å²) in [6, 6.07) is 5.94. The van der Waals surface area contributed by atoms with Crippen LogP contribution < -0.4 is 15.8 Å². The Hall–Kier alpha value is -1.55. The maximum Gasteiger partial charge on any atom is 0.242 e. The summed E-state index contributed by atoms with van der Waals surface area (Å²) in [5.41, 5.74) is 6.53. The van der Waals surface area contributed by atoms with Gasteiger partial charge in [0.15, 0.2) is 0 Å². The molecule has 0 spiro atoms. The molecule has 2 unspecified atom stereocenters. The standard InChI is InChI=1S/C15H24N2O2/c1-6-11(3)17-15(4,14(16)18)12-9-10(2)7-8-13(12)19-5/h7-9,11,17H,6H2,1-5H3,(H2,16,18). The normalized spacial score (nSPS) is 15.6. The topological polar surface area (TPSA) is 64.3 Å².